The minimum absolute atomic E-state index is 0.111. The van der Waals surface area contributed by atoms with Crippen molar-refractivity contribution >= 4 is 55.5 Å². The molecule has 0 fully saturated rings. The van der Waals surface area contributed by atoms with Crippen molar-refractivity contribution in [3.63, 3.8) is 0 Å². The van der Waals surface area contributed by atoms with Crippen LogP contribution >= 0.6 is 22.7 Å². The number of thiazole rings is 1. The molecule has 0 saturated heterocycles. The molecular formula is C22H23N5O2S2. The van der Waals surface area contributed by atoms with Crippen LogP contribution in [0.5, 0.6) is 0 Å². The highest BCUT2D eigenvalue weighted by atomic mass is 32.1. The van der Waals surface area contributed by atoms with E-state index < -0.39 is 0 Å². The van der Waals surface area contributed by atoms with Crippen molar-refractivity contribution in [2.24, 2.45) is 5.92 Å². The average molecular weight is 454 g/mol. The molecule has 0 bridgehead atoms. The Morgan fingerprint density at radius 2 is 1.90 bits per heavy atom. The van der Waals surface area contributed by atoms with Gasteiger partial charge >= 0.3 is 0 Å². The Morgan fingerprint density at radius 1 is 1.16 bits per heavy atom. The summed E-state index contributed by atoms with van der Waals surface area (Å²) < 4.78 is 1.99. The third kappa shape index (κ3) is 4.67. The molecule has 0 aliphatic rings. The van der Waals surface area contributed by atoms with Crippen LogP contribution < -0.4 is 10.6 Å². The molecular weight excluding hydrogens is 430 g/mol. The van der Waals surface area contributed by atoms with E-state index in [0.717, 1.165) is 39.4 Å². The van der Waals surface area contributed by atoms with Gasteiger partial charge in [-0.3, -0.25) is 19.6 Å². The number of benzene rings is 1. The van der Waals surface area contributed by atoms with Gasteiger partial charge in [0.2, 0.25) is 5.91 Å². The summed E-state index contributed by atoms with van der Waals surface area (Å²) in [6, 6.07) is 9.34. The number of rotatable bonds is 6. The quantitative estimate of drug-likeness (QED) is 0.409. The highest BCUT2D eigenvalue weighted by Gasteiger charge is 2.18. The molecule has 160 valence electrons. The molecule has 0 saturated carbocycles. The number of fused-ring (bicyclic) bond motifs is 1. The Balaban J connectivity index is 1.49. The van der Waals surface area contributed by atoms with Gasteiger partial charge in [0.1, 0.15) is 4.83 Å². The summed E-state index contributed by atoms with van der Waals surface area (Å²) in [6.45, 7) is 8.57. The maximum absolute atomic E-state index is 12.8. The molecule has 31 heavy (non-hydrogen) atoms. The molecule has 0 atom stereocenters. The molecule has 0 unspecified atom stereocenters. The van der Waals surface area contributed by atoms with Gasteiger partial charge in [-0.1, -0.05) is 26.0 Å². The van der Waals surface area contributed by atoms with Gasteiger partial charge in [0.05, 0.1) is 16.3 Å². The molecule has 2 amide bonds. The Labute approximate surface area is 188 Å². The van der Waals surface area contributed by atoms with Gasteiger partial charge in [0.15, 0.2) is 5.13 Å². The van der Waals surface area contributed by atoms with Crippen molar-refractivity contribution in [2.75, 3.05) is 10.6 Å². The second-order valence-corrected chi connectivity index (χ2v) is 9.63. The van der Waals surface area contributed by atoms with E-state index in [0.29, 0.717) is 15.9 Å². The predicted molar refractivity (Wildman–Crippen MR) is 127 cm³/mol. The van der Waals surface area contributed by atoms with E-state index in [1.54, 1.807) is 0 Å². The van der Waals surface area contributed by atoms with Gasteiger partial charge in [-0.25, -0.2) is 4.98 Å². The van der Waals surface area contributed by atoms with E-state index in [2.05, 4.69) is 34.6 Å². The SMILES string of the molecule is CC(=O)Nc1ccc(-c2csc(NC(=O)c3cc4c(C)nn(CC(C)C)c4s3)n2)cc1. The first-order valence-corrected chi connectivity index (χ1v) is 11.6. The minimum atomic E-state index is -0.168. The smallest absolute Gasteiger partial charge is 0.267 e. The van der Waals surface area contributed by atoms with Gasteiger partial charge in [-0.15, -0.1) is 22.7 Å². The first kappa shape index (κ1) is 21.2. The number of carbonyl (C=O) groups is 2. The van der Waals surface area contributed by atoms with Crippen LogP contribution in [-0.2, 0) is 11.3 Å². The minimum Gasteiger partial charge on any atom is -0.326 e. The molecule has 0 spiro atoms. The number of nitrogens with one attached hydrogen (secondary N) is 2. The lowest BCUT2D eigenvalue weighted by Gasteiger charge is -2.04. The van der Waals surface area contributed by atoms with E-state index >= 15 is 0 Å². The molecule has 1 aromatic carbocycles. The molecule has 4 rings (SSSR count). The normalized spacial score (nSPS) is 11.3. The molecule has 3 heterocycles. The molecule has 3 aromatic heterocycles. The number of aryl methyl sites for hydroxylation is 1. The second-order valence-electron chi connectivity index (χ2n) is 7.74. The van der Waals surface area contributed by atoms with Crippen molar-refractivity contribution in [1.82, 2.24) is 14.8 Å². The lowest BCUT2D eigenvalue weighted by atomic mass is 10.1. The number of hydrogen-bond donors (Lipinski definition) is 2. The summed E-state index contributed by atoms with van der Waals surface area (Å²) >= 11 is 2.83. The molecule has 2 N–H and O–H groups in total. The summed E-state index contributed by atoms with van der Waals surface area (Å²) in [5, 5.41) is 13.7. The largest absolute Gasteiger partial charge is 0.326 e. The van der Waals surface area contributed by atoms with Gasteiger partial charge in [-0.2, -0.15) is 5.10 Å². The van der Waals surface area contributed by atoms with Gasteiger partial charge in [0, 0.05) is 35.5 Å². The predicted octanol–water partition coefficient (Wildman–Crippen LogP) is 5.40. The van der Waals surface area contributed by atoms with Crippen LogP contribution in [0.15, 0.2) is 35.7 Å². The van der Waals surface area contributed by atoms with Crippen molar-refractivity contribution in [3.8, 4) is 11.3 Å². The Kier molecular flexibility index (Phi) is 5.88. The lowest BCUT2D eigenvalue weighted by Crippen LogP contribution is -2.10. The summed E-state index contributed by atoms with van der Waals surface area (Å²) in [6.07, 6.45) is 0. The summed E-state index contributed by atoms with van der Waals surface area (Å²) in [5.41, 5.74) is 3.35. The monoisotopic (exact) mass is 453 g/mol. The molecule has 0 aliphatic heterocycles. The zero-order valence-electron chi connectivity index (χ0n) is 17.7. The van der Waals surface area contributed by atoms with Gasteiger partial charge in [-0.05, 0) is 31.0 Å². The van der Waals surface area contributed by atoms with E-state index in [4.69, 9.17) is 0 Å². The van der Waals surface area contributed by atoms with Crippen LogP contribution in [0.4, 0.5) is 10.8 Å². The number of hydrogen-bond acceptors (Lipinski definition) is 6. The first-order valence-electron chi connectivity index (χ1n) is 9.92. The molecule has 9 heteroatoms. The number of anilines is 2. The molecule has 4 aromatic rings. The average Bonchev–Trinajstić information content (AvgIpc) is 3.40. The number of aromatic nitrogens is 3. The molecule has 0 radical (unpaired) electrons. The standard InChI is InChI=1S/C22H23N5O2S2/c1-12(2)10-27-21-17(13(3)26-27)9-19(31-21)20(29)25-22-24-18(11-30-22)15-5-7-16(8-6-15)23-14(4)28/h5-9,11-12H,10H2,1-4H3,(H,23,28)(H,24,25,29). The Hall–Kier alpha value is -3.04. The van der Waals surface area contributed by atoms with Crippen molar-refractivity contribution in [2.45, 2.75) is 34.2 Å². The maximum atomic E-state index is 12.8. The van der Waals surface area contributed by atoms with Crippen LogP contribution in [0.1, 0.15) is 36.1 Å². The number of nitrogens with zero attached hydrogens (tertiary/aromatic N) is 3. The van der Waals surface area contributed by atoms with Crippen LogP contribution in [0.25, 0.3) is 21.5 Å². The van der Waals surface area contributed by atoms with Crippen LogP contribution in [-0.4, -0.2) is 26.6 Å². The van der Waals surface area contributed by atoms with Crippen molar-refractivity contribution < 1.29 is 9.59 Å². The maximum Gasteiger partial charge on any atom is 0.267 e. The first-order chi connectivity index (χ1) is 14.8. The Morgan fingerprint density at radius 3 is 2.58 bits per heavy atom. The van der Waals surface area contributed by atoms with Gasteiger partial charge < -0.3 is 5.32 Å². The van der Waals surface area contributed by atoms with Crippen LogP contribution in [0.2, 0.25) is 0 Å². The van der Waals surface area contributed by atoms with Gasteiger partial charge in [0.25, 0.3) is 5.91 Å². The van der Waals surface area contributed by atoms with E-state index in [9.17, 15) is 9.59 Å². The fraction of sp³-hybridized carbons (Fsp3) is 0.273. The van der Waals surface area contributed by atoms with E-state index in [1.807, 2.05) is 47.3 Å². The summed E-state index contributed by atoms with van der Waals surface area (Å²) in [4.78, 5) is 30.2. The topological polar surface area (TPSA) is 88.9 Å². The fourth-order valence-corrected chi connectivity index (χ4v) is 5.03. The number of carbonyl (C=O) groups excluding carboxylic acids is 2. The summed E-state index contributed by atoms with van der Waals surface area (Å²) in [5.74, 6) is 0.196. The lowest BCUT2D eigenvalue weighted by molar-refractivity contribution is -0.114. The van der Waals surface area contributed by atoms with Crippen LogP contribution in [0.3, 0.4) is 0 Å². The second kappa shape index (κ2) is 8.60. The highest BCUT2D eigenvalue weighted by Crippen LogP contribution is 2.31. The fourth-order valence-electron chi connectivity index (χ4n) is 3.24. The van der Waals surface area contributed by atoms with Crippen molar-refractivity contribution in [1.29, 1.82) is 0 Å². The summed E-state index contributed by atoms with van der Waals surface area (Å²) in [7, 11) is 0. The molecule has 7 nitrogen and oxygen atoms in total. The zero-order chi connectivity index (χ0) is 22.1. The number of amides is 2. The highest BCUT2D eigenvalue weighted by molar-refractivity contribution is 7.20. The Bertz CT molecular complexity index is 1250. The third-order valence-corrected chi connectivity index (χ3v) is 6.50. The van der Waals surface area contributed by atoms with Crippen LogP contribution in [0, 0.1) is 12.8 Å². The van der Waals surface area contributed by atoms with E-state index in [1.165, 1.54) is 29.6 Å². The third-order valence-electron chi connectivity index (χ3n) is 4.59. The zero-order valence-corrected chi connectivity index (χ0v) is 19.4. The van der Waals surface area contributed by atoms with Crippen molar-refractivity contribution in [3.05, 3.63) is 46.3 Å². The number of thiophene rings is 1. The van der Waals surface area contributed by atoms with E-state index in [-0.39, 0.29) is 11.8 Å². The molecule has 0 aliphatic carbocycles.